The van der Waals surface area contributed by atoms with E-state index in [1.54, 1.807) is 10.8 Å². The number of hydrogen-bond donors (Lipinski definition) is 2. The molecular weight excluding hydrogens is 665 g/mol. The largest absolute Gasteiger partial charge is 0.495 e. The van der Waals surface area contributed by atoms with Gasteiger partial charge in [-0.05, 0) is 99.1 Å². The lowest BCUT2D eigenvalue weighted by Crippen LogP contribution is -2.57. The number of aliphatic hydroxyl groups excluding tert-OH is 1. The normalized spacial score (nSPS) is 24.2. The number of aryl methyl sites for hydroxylation is 1. The Morgan fingerprint density at radius 1 is 0.981 bits per heavy atom. The molecule has 2 aliphatic heterocycles. The fourth-order valence-electron chi connectivity index (χ4n) is 10.5. The van der Waals surface area contributed by atoms with Crippen LogP contribution in [-0.2, 0) is 12.8 Å². The Morgan fingerprint density at radius 3 is 2.43 bits per heavy atom. The summed E-state index contributed by atoms with van der Waals surface area (Å²) in [5.41, 5.74) is 10.2. The molecule has 0 radical (unpaired) electrons. The number of nitrogens with zero attached hydrogens (tertiary/aromatic N) is 3. The van der Waals surface area contributed by atoms with Crippen LogP contribution in [0.4, 0.5) is 0 Å². The fraction of sp³-hybridized carbons (Fsp3) is 0.511. The molecule has 2 aromatic heterocycles. The first-order chi connectivity index (χ1) is 25.5. The number of rotatable bonds is 7. The second-order valence-corrected chi connectivity index (χ2v) is 22.9. The summed E-state index contributed by atoms with van der Waals surface area (Å²) in [6, 6.07) is 18.9. The van der Waals surface area contributed by atoms with Crippen molar-refractivity contribution < 1.29 is 14.2 Å². The summed E-state index contributed by atoms with van der Waals surface area (Å²) >= 11 is 0. The minimum absolute atomic E-state index is 0.0104. The van der Waals surface area contributed by atoms with Crippen molar-refractivity contribution in [2.75, 3.05) is 0 Å². The van der Waals surface area contributed by atoms with Crippen molar-refractivity contribution in [1.82, 2.24) is 5.32 Å². The van der Waals surface area contributed by atoms with E-state index in [4.69, 9.17) is 6.58 Å². The zero-order chi connectivity index (χ0) is 37.3. The van der Waals surface area contributed by atoms with Gasteiger partial charge < -0.3 is 10.4 Å². The fourth-order valence-corrected chi connectivity index (χ4v) is 12.1. The van der Waals surface area contributed by atoms with Gasteiger partial charge in [-0.15, -0.1) is 0 Å². The molecule has 0 saturated heterocycles. The monoisotopic (exact) mass is 726 g/mol. The summed E-state index contributed by atoms with van der Waals surface area (Å²) in [5, 5.41) is 25.4. The van der Waals surface area contributed by atoms with E-state index in [0.717, 1.165) is 37.3 Å². The smallest absolute Gasteiger partial charge is 0.249 e. The van der Waals surface area contributed by atoms with E-state index in [1.807, 2.05) is 6.92 Å². The third-order valence-electron chi connectivity index (χ3n) is 13.1. The van der Waals surface area contributed by atoms with Crippen molar-refractivity contribution in [3.05, 3.63) is 108 Å². The Morgan fingerprint density at radius 2 is 1.72 bits per heavy atom. The molecule has 53 heavy (non-hydrogen) atoms. The molecule has 4 unspecified atom stereocenters. The highest BCUT2D eigenvalue weighted by atomic mass is 28.3. The molecule has 2 N–H and O–H groups in total. The van der Waals surface area contributed by atoms with Gasteiger partial charge in [-0.3, -0.25) is 0 Å². The van der Waals surface area contributed by atoms with Crippen molar-refractivity contribution in [3.8, 4) is 17.3 Å². The number of pyridine rings is 2. The van der Waals surface area contributed by atoms with Crippen LogP contribution >= 0.6 is 0 Å². The number of hydrogen-bond acceptors (Lipinski definition) is 3. The van der Waals surface area contributed by atoms with Crippen LogP contribution in [-0.4, -0.2) is 19.2 Å². The average Bonchev–Trinajstić information content (AvgIpc) is 3.66. The summed E-state index contributed by atoms with van der Waals surface area (Å²) < 4.78 is 5.07. The lowest BCUT2D eigenvalue weighted by Gasteiger charge is -2.33. The molecule has 4 aliphatic rings. The summed E-state index contributed by atoms with van der Waals surface area (Å²) in [4.78, 5) is 0. The molecule has 3 aromatic rings. The number of fused-ring (bicyclic) bond motifs is 7. The Balaban J connectivity index is 1.43. The molecule has 2 saturated carbocycles. The lowest BCUT2D eigenvalue weighted by atomic mass is 9.76. The zero-order valence-corrected chi connectivity index (χ0v) is 33.8. The SMILES string of the molecule is C=C(O)NC1CCc2cc(C3CCCCC3)cc[n+]2C(=C)C2C(CCC1C=C(C)C#N)c1ccccc1-c1cc(CC3CCCC3)c([Si](C)(C)C)c[n+]12. The summed E-state index contributed by atoms with van der Waals surface area (Å²) in [5.74, 6) is 1.60. The summed E-state index contributed by atoms with van der Waals surface area (Å²) in [6.07, 6.45) is 23.6. The Bertz CT molecular complexity index is 1920. The molecule has 2 aliphatic carbocycles. The lowest BCUT2D eigenvalue weighted by molar-refractivity contribution is -0.729. The first-order valence-corrected chi connectivity index (χ1v) is 24.2. The third kappa shape index (κ3) is 7.97. The number of aromatic nitrogens is 2. The van der Waals surface area contributed by atoms with Crippen LogP contribution in [0.3, 0.4) is 0 Å². The van der Waals surface area contributed by atoms with Gasteiger partial charge in [0.25, 0.3) is 0 Å². The van der Waals surface area contributed by atoms with E-state index in [2.05, 4.69) is 108 Å². The highest BCUT2D eigenvalue weighted by Gasteiger charge is 2.48. The minimum atomic E-state index is -1.72. The van der Waals surface area contributed by atoms with E-state index >= 15 is 0 Å². The first kappa shape index (κ1) is 37.4. The molecule has 2 fully saturated rings. The standard InChI is InChI=1S/C47H61N4OSi/c1-32(30-48)26-38-20-22-43-41-18-12-13-19-42(41)45-29-39(27-35-14-10-11-15-35)46(53(4,5)6)31-51(45)47(43)33(2)50-25-24-37(36-16-8-7-9-17-36)28-40(50)21-23-44(38)49-34(3)52/h12-13,18-19,24-26,28-29,31,35-36,38,43-44,47,49H,2-3,7-11,14-17,20-23,27H2,1,4-6H3/q+1/p+1. The van der Waals surface area contributed by atoms with Gasteiger partial charge in [-0.1, -0.05) is 88.9 Å². The van der Waals surface area contributed by atoms with Gasteiger partial charge in [0.2, 0.25) is 17.4 Å². The second-order valence-electron chi connectivity index (χ2n) is 17.8. The number of aliphatic hydroxyl groups is 1. The predicted octanol–water partition coefficient (Wildman–Crippen LogP) is 9.86. The molecule has 0 spiro atoms. The second kappa shape index (κ2) is 15.8. The Kier molecular flexibility index (Phi) is 11.1. The number of benzene rings is 1. The van der Waals surface area contributed by atoms with E-state index in [0.29, 0.717) is 11.5 Å². The maximum Gasteiger partial charge on any atom is 0.249 e. The molecule has 6 heteroatoms. The highest BCUT2D eigenvalue weighted by Crippen LogP contribution is 2.45. The van der Waals surface area contributed by atoms with Crippen LogP contribution in [0, 0.1) is 23.2 Å². The summed E-state index contributed by atoms with van der Waals surface area (Å²) in [7, 11) is -1.72. The topological polar surface area (TPSA) is 63.8 Å². The van der Waals surface area contributed by atoms with Gasteiger partial charge >= 0.3 is 0 Å². The van der Waals surface area contributed by atoms with Crippen molar-refractivity contribution >= 4 is 19.0 Å². The Labute approximate surface area is 320 Å². The number of allylic oxidation sites excluding steroid dienone is 2. The highest BCUT2D eigenvalue weighted by molar-refractivity contribution is 6.89. The van der Waals surface area contributed by atoms with Crippen molar-refractivity contribution in [1.29, 1.82) is 5.26 Å². The maximum atomic E-state index is 10.5. The molecule has 4 heterocycles. The van der Waals surface area contributed by atoms with Crippen molar-refractivity contribution in [2.24, 2.45) is 11.8 Å². The molecular formula is C47H62N4OSi+2. The van der Waals surface area contributed by atoms with E-state index in [-0.39, 0.29) is 29.8 Å². The zero-order valence-electron chi connectivity index (χ0n) is 32.8. The average molecular weight is 727 g/mol. The van der Waals surface area contributed by atoms with Gasteiger partial charge in [0.05, 0.1) is 20.1 Å². The third-order valence-corrected chi connectivity index (χ3v) is 15.2. The van der Waals surface area contributed by atoms with Crippen molar-refractivity contribution in [2.45, 2.75) is 140 Å². The Hall–Kier alpha value is -3.95. The van der Waals surface area contributed by atoms with Crippen LogP contribution in [0.2, 0.25) is 19.6 Å². The molecule has 7 rings (SSSR count). The number of nitrogens with one attached hydrogen (secondary N) is 1. The van der Waals surface area contributed by atoms with Gasteiger partial charge in [-0.25, -0.2) is 0 Å². The predicted molar refractivity (Wildman–Crippen MR) is 219 cm³/mol. The van der Waals surface area contributed by atoms with Crippen LogP contribution in [0.5, 0.6) is 0 Å². The van der Waals surface area contributed by atoms with E-state index in [1.165, 1.54) is 92.3 Å². The van der Waals surface area contributed by atoms with Crippen molar-refractivity contribution in [3.63, 3.8) is 0 Å². The van der Waals surface area contributed by atoms with Crippen LogP contribution in [0.25, 0.3) is 17.0 Å². The van der Waals surface area contributed by atoms with Crippen LogP contribution in [0.15, 0.2) is 85.5 Å². The molecule has 1 aromatic carbocycles. The van der Waals surface area contributed by atoms with E-state index < -0.39 is 8.07 Å². The summed E-state index contributed by atoms with van der Waals surface area (Å²) in [6.45, 7) is 18.3. The van der Waals surface area contributed by atoms with Gasteiger partial charge in [-0.2, -0.15) is 14.4 Å². The number of nitriles is 1. The van der Waals surface area contributed by atoms with E-state index in [9.17, 15) is 10.4 Å². The van der Waals surface area contributed by atoms with Gasteiger partial charge in [0.15, 0.2) is 24.0 Å². The molecule has 4 atom stereocenters. The first-order valence-electron chi connectivity index (χ1n) is 20.7. The van der Waals surface area contributed by atoms with Crippen LogP contribution < -0.4 is 19.6 Å². The molecule has 0 bridgehead atoms. The van der Waals surface area contributed by atoms with Gasteiger partial charge in [0.1, 0.15) is 0 Å². The molecule has 0 amide bonds. The maximum absolute atomic E-state index is 10.5. The van der Waals surface area contributed by atoms with Gasteiger partial charge in [0, 0.05) is 47.0 Å². The quantitative estimate of drug-likeness (QED) is 0.110. The molecule has 5 nitrogen and oxygen atoms in total. The molecule has 278 valence electrons. The minimum Gasteiger partial charge on any atom is -0.495 e. The van der Waals surface area contributed by atoms with Crippen LogP contribution in [0.1, 0.15) is 124 Å².